The Balaban J connectivity index is 2.10. The quantitative estimate of drug-likeness (QED) is 0.801. The minimum atomic E-state index is -0.961. The number of primary amides is 1. The van der Waals surface area contributed by atoms with E-state index in [9.17, 15) is 9.18 Å². The maximum Gasteiger partial charge on any atom is 0.411 e. The lowest BCUT2D eigenvalue weighted by Crippen LogP contribution is -2.29. The van der Waals surface area contributed by atoms with Gasteiger partial charge in [-0.15, -0.1) is 0 Å². The van der Waals surface area contributed by atoms with Gasteiger partial charge in [0.2, 0.25) is 5.88 Å². The lowest BCUT2D eigenvalue weighted by molar-refractivity contribution is 0.209. The third kappa shape index (κ3) is 5.72. The number of hydrogen-bond donors (Lipinski definition) is 2. The van der Waals surface area contributed by atoms with E-state index in [0.717, 1.165) is 6.42 Å². The Labute approximate surface area is 145 Å². The number of nitrogens with zero attached hydrogens (tertiary/aromatic N) is 1. The van der Waals surface area contributed by atoms with Crippen LogP contribution in [0.5, 0.6) is 11.6 Å². The number of nitrogens with two attached hydrogens (primary N) is 2. The maximum absolute atomic E-state index is 14.3. The first-order valence-electron chi connectivity index (χ1n) is 7.96. The van der Waals surface area contributed by atoms with Crippen molar-refractivity contribution in [2.75, 3.05) is 6.61 Å². The van der Waals surface area contributed by atoms with Crippen LogP contribution >= 0.6 is 0 Å². The van der Waals surface area contributed by atoms with Crippen LogP contribution in [0.15, 0.2) is 36.5 Å². The minimum absolute atomic E-state index is 0.0467. The fraction of sp³-hybridized carbons (Fsp3) is 0.333. The molecule has 1 aromatic heterocycles. The van der Waals surface area contributed by atoms with E-state index in [-0.39, 0.29) is 24.3 Å². The SMILES string of the molecule is CC(C)C[C@H](N)COc1ccc(-c2ccnc(OC(N)=O)c2)cc1F. The van der Waals surface area contributed by atoms with Gasteiger partial charge in [0.05, 0.1) is 0 Å². The van der Waals surface area contributed by atoms with Crippen molar-refractivity contribution < 1.29 is 18.7 Å². The molecule has 25 heavy (non-hydrogen) atoms. The number of pyridine rings is 1. The lowest BCUT2D eigenvalue weighted by atomic mass is 10.1. The third-order valence-corrected chi connectivity index (χ3v) is 3.43. The summed E-state index contributed by atoms with van der Waals surface area (Å²) in [5, 5.41) is 0. The zero-order chi connectivity index (χ0) is 18.4. The number of aromatic nitrogens is 1. The van der Waals surface area contributed by atoms with Crippen LogP contribution in [0.2, 0.25) is 0 Å². The number of halogens is 1. The summed E-state index contributed by atoms with van der Waals surface area (Å²) in [5.74, 6) is 0.147. The van der Waals surface area contributed by atoms with Crippen LogP contribution in [0.3, 0.4) is 0 Å². The Morgan fingerprint density at radius 2 is 1.96 bits per heavy atom. The Kier molecular flexibility index (Phi) is 6.30. The Morgan fingerprint density at radius 1 is 1.24 bits per heavy atom. The number of hydrogen-bond acceptors (Lipinski definition) is 5. The molecule has 0 bridgehead atoms. The Morgan fingerprint density at radius 3 is 2.60 bits per heavy atom. The second-order valence-corrected chi connectivity index (χ2v) is 6.15. The largest absolute Gasteiger partial charge is 0.489 e. The number of carbonyl (C=O) groups excluding carboxylic acids is 1. The highest BCUT2D eigenvalue weighted by Crippen LogP contribution is 2.27. The molecule has 6 nitrogen and oxygen atoms in total. The summed E-state index contributed by atoms with van der Waals surface area (Å²) in [6.07, 6.45) is 1.29. The van der Waals surface area contributed by atoms with Crippen molar-refractivity contribution in [1.82, 2.24) is 4.98 Å². The van der Waals surface area contributed by atoms with Gasteiger partial charge < -0.3 is 20.9 Å². The number of carbonyl (C=O) groups is 1. The standard InChI is InChI=1S/C18H22FN3O3/c1-11(2)7-14(20)10-24-16-4-3-12(8-15(16)19)13-5-6-22-17(9-13)25-18(21)23/h3-6,8-9,11,14H,7,10,20H2,1-2H3,(H2,21,23)/t14-/m0/s1. The molecule has 2 aromatic rings. The molecule has 0 spiro atoms. The molecule has 4 N–H and O–H groups in total. The van der Waals surface area contributed by atoms with E-state index in [2.05, 4.69) is 18.8 Å². The van der Waals surface area contributed by atoms with Crippen molar-refractivity contribution in [3.63, 3.8) is 0 Å². The van der Waals surface area contributed by atoms with E-state index in [1.54, 1.807) is 18.2 Å². The van der Waals surface area contributed by atoms with Gasteiger partial charge in [-0.1, -0.05) is 19.9 Å². The molecule has 0 unspecified atom stereocenters. The monoisotopic (exact) mass is 347 g/mol. The van der Waals surface area contributed by atoms with Crippen molar-refractivity contribution in [2.24, 2.45) is 17.4 Å². The van der Waals surface area contributed by atoms with Gasteiger partial charge in [-0.05, 0) is 41.7 Å². The second-order valence-electron chi connectivity index (χ2n) is 6.15. The van der Waals surface area contributed by atoms with E-state index >= 15 is 0 Å². The van der Waals surface area contributed by atoms with Gasteiger partial charge in [-0.3, -0.25) is 0 Å². The van der Waals surface area contributed by atoms with E-state index in [1.807, 2.05) is 0 Å². The van der Waals surface area contributed by atoms with Crippen LogP contribution in [0.25, 0.3) is 11.1 Å². The van der Waals surface area contributed by atoms with Crippen molar-refractivity contribution in [1.29, 1.82) is 0 Å². The topological polar surface area (TPSA) is 100 Å². The van der Waals surface area contributed by atoms with Crippen LogP contribution in [-0.2, 0) is 0 Å². The summed E-state index contributed by atoms with van der Waals surface area (Å²) in [5.41, 5.74) is 12.1. The van der Waals surface area contributed by atoms with Gasteiger partial charge in [0.15, 0.2) is 11.6 Å². The van der Waals surface area contributed by atoms with Gasteiger partial charge in [0, 0.05) is 18.3 Å². The molecule has 2 rings (SSSR count). The normalized spacial score (nSPS) is 12.0. The molecule has 0 radical (unpaired) electrons. The zero-order valence-corrected chi connectivity index (χ0v) is 14.2. The predicted octanol–water partition coefficient (Wildman–Crippen LogP) is 3.10. The molecule has 0 aliphatic carbocycles. The van der Waals surface area contributed by atoms with E-state index in [4.69, 9.17) is 20.9 Å². The second kappa shape index (κ2) is 8.43. The van der Waals surface area contributed by atoms with Crippen LogP contribution in [0.1, 0.15) is 20.3 Å². The zero-order valence-electron chi connectivity index (χ0n) is 14.2. The molecule has 7 heteroatoms. The van der Waals surface area contributed by atoms with E-state index in [1.165, 1.54) is 18.3 Å². The van der Waals surface area contributed by atoms with Gasteiger partial charge >= 0.3 is 6.09 Å². The molecular formula is C18H22FN3O3. The first-order chi connectivity index (χ1) is 11.8. The van der Waals surface area contributed by atoms with Crippen molar-refractivity contribution in [3.05, 3.63) is 42.3 Å². The third-order valence-electron chi connectivity index (χ3n) is 3.43. The maximum atomic E-state index is 14.3. The van der Waals surface area contributed by atoms with Crippen LogP contribution in [-0.4, -0.2) is 23.7 Å². The first-order valence-corrected chi connectivity index (χ1v) is 7.96. The molecular weight excluding hydrogens is 325 g/mol. The summed E-state index contributed by atoms with van der Waals surface area (Å²) in [4.78, 5) is 14.6. The lowest BCUT2D eigenvalue weighted by Gasteiger charge is -2.15. The molecule has 1 atom stereocenters. The minimum Gasteiger partial charge on any atom is -0.489 e. The summed E-state index contributed by atoms with van der Waals surface area (Å²) in [6.45, 7) is 4.39. The van der Waals surface area contributed by atoms with Crippen molar-refractivity contribution in [3.8, 4) is 22.8 Å². The van der Waals surface area contributed by atoms with E-state index < -0.39 is 11.9 Å². The van der Waals surface area contributed by atoms with Crippen LogP contribution < -0.4 is 20.9 Å². The summed E-state index contributed by atoms with van der Waals surface area (Å²) in [7, 11) is 0. The fourth-order valence-corrected chi connectivity index (χ4v) is 2.42. The average molecular weight is 347 g/mol. The van der Waals surface area contributed by atoms with Gasteiger partial charge in [0.1, 0.15) is 6.61 Å². The smallest absolute Gasteiger partial charge is 0.411 e. The fourth-order valence-electron chi connectivity index (χ4n) is 2.42. The first kappa shape index (κ1) is 18.7. The Bertz CT molecular complexity index is 737. The highest BCUT2D eigenvalue weighted by Gasteiger charge is 2.11. The molecule has 1 amide bonds. The van der Waals surface area contributed by atoms with Gasteiger partial charge in [-0.25, -0.2) is 14.2 Å². The summed E-state index contributed by atoms with van der Waals surface area (Å²) >= 11 is 0. The molecule has 1 aromatic carbocycles. The molecule has 0 aliphatic heterocycles. The predicted molar refractivity (Wildman–Crippen MR) is 92.8 cm³/mol. The van der Waals surface area contributed by atoms with Crippen LogP contribution in [0, 0.1) is 11.7 Å². The average Bonchev–Trinajstić information content (AvgIpc) is 2.52. The highest BCUT2D eigenvalue weighted by atomic mass is 19.1. The van der Waals surface area contributed by atoms with Crippen LogP contribution in [0.4, 0.5) is 9.18 Å². The number of rotatable bonds is 7. The number of benzene rings is 1. The molecule has 0 fully saturated rings. The van der Waals surface area contributed by atoms with Crippen molar-refractivity contribution >= 4 is 6.09 Å². The molecule has 0 aliphatic rings. The van der Waals surface area contributed by atoms with E-state index in [0.29, 0.717) is 17.0 Å². The molecule has 134 valence electrons. The van der Waals surface area contributed by atoms with Crippen molar-refractivity contribution in [2.45, 2.75) is 26.3 Å². The van der Waals surface area contributed by atoms with Gasteiger partial charge in [0.25, 0.3) is 0 Å². The number of amides is 1. The Hall–Kier alpha value is -2.67. The molecule has 1 heterocycles. The number of ether oxygens (including phenoxy) is 2. The molecule has 0 saturated heterocycles. The highest BCUT2D eigenvalue weighted by molar-refractivity contribution is 5.69. The summed E-state index contributed by atoms with van der Waals surface area (Å²) in [6, 6.07) is 7.61. The van der Waals surface area contributed by atoms with Gasteiger partial charge in [-0.2, -0.15) is 0 Å². The summed E-state index contributed by atoms with van der Waals surface area (Å²) < 4.78 is 24.5. The molecule has 0 saturated carbocycles.